The van der Waals surface area contributed by atoms with Crippen molar-refractivity contribution in [3.63, 3.8) is 0 Å². The molecule has 24 heavy (non-hydrogen) atoms. The lowest BCUT2D eigenvalue weighted by molar-refractivity contribution is -0.141. The lowest BCUT2D eigenvalue weighted by atomic mass is 9.90. The molecule has 1 unspecified atom stereocenters. The zero-order valence-electron chi connectivity index (χ0n) is 14.6. The summed E-state index contributed by atoms with van der Waals surface area (Å²) < 4.78 is 22.9. The molecule has 0 radical (unpaired) electrons. The van der Waals surface area contributed by atoms with E-state index in [1.54, 1.807) is 13.8 Å². The fraction of sp³-hybridized carbons (Fsp3) is 0.765. The molecule has 6 nitrogen and oxygen atoms in total. The molecule has 2 amide bonds. The molecule has 2 rings (SSSR count). The molecule has 136 valence electrons. The summed E-state index contributed by atoms with van der Waals surface area (Å²) in [5.41, 5.74) is 0.160. The van der Waals surface area contributed by atoms with Crippen LogP contribution in [0, 0.1) is 5.41 Å². The topological polar surface area (TPSA) is 92.3 Å². The van der Waals surface area contributed by atoms with E-state index in [2.05, 4.69) is 16.7 Å². The standard InChI is InChI=1S/C17H28N2O4S/c1-17(2,16(21)19-14-9-11-24(22,23)12-14)15(20)18-10-8-13-6-4-3-5-7-13/h6,14H,3-5,7-12H2,1-2H3,(H,18,20)(H,19,21). The van der Waals surface area contributed by atoms with Gasteiger partial charge in [0.15, 0.2) is 9.84 Å². The highest BCUT2D eigenvalue weighted by molar-refractivity contribution is 7.91. The molecule has 0 aromatic rings. The number of carbonyl (C=O) groups is 2. The lowest BCUT2D eigenvalue weighted by Crippen LogP contribution is -2.51. The van der Waals surface area contributed by atoms with Crippen LogP contribution < -0.4 is 10.6 Å². The van der Waals surface area contributed by atoms with Gasteiger partial charge in [-0.05, 0) is 52.4 Å². The monoisotopic (exact) mass is 356 g/mol. The maximum atomic E-state index is 12.4. The average Bonchev–Trinajstić information content (AvgIpc) is 2.87. The Morgan fingerprint density at radius 1 is 1.25 bits per heavy atom. The maximum Gasteiger partial charge on any atom is 0.235 e. The van der Waals surface area contributed by atoms with E-state index >= 15 is 0 Å². The minimum Gasteiger partial charge on any atom is -0.355 e. The van der Waals surface area contributed by atoms with Crippen LogP contribution in [0.5, 0.6) is 0 Å². The Morgan fingerprint density at radius 2 is 2.00 bits per heavy atom. The van der Waals surface area contributed by atoms with Crippen molar-refractivity contribution in [3.8, 4) is 0 Å². The zero-order valence-corrected chi connectivity index (χ0v) is 15.4. The number of rotatable bonds is 6. The fourth-order valence-electron chi connectivity index (χ4n) is 3.07. The molecule has 0 aromatic carbocycles. The van der Waals surface area contributed by atoms with Gasteiger partial charge < -0.3 is 10.6 Å². The molecule has 0 spiro atoms. The zero-order chi connectivity index (χ0) is 17.8. The number of carbonyl (C=O) groups excluding carboxylic acids is 2. The van der Waals surface area contributed by atoms with Crippen LogP contribution in [0.25, 0.3) is 0 Å². The lowest BCUT2D eigenvalue weighted by Gasteiger charge is -2.25. The van der Waals surface area contributed by atoms with Crippen LogP contribution in [0.4, 0.5) is 0 Å². The van der Waals surface area contributed by atoms with Crippen molar-refractivity contribution >= 4 is 21.7 Å². The van der Waals surface area contributed by atoms with Crippen LogP contribution in [0.15, 0.2) is 11.6 Å². The van der Waals surface area contributed by atoms with Crippen molar-refractivity contribution in [1.82, 2.24) is 10.6 Å². The second-order valence-electron chi connectivity index (χ2n) is 7.31. The molecule has 1 saturated heterocycles. The van der Waals surface area contributed by atoms with Gasteiger partial charge >= 0.3 is 0 Å². The van der Waals surface area contributed by atoms with Gasteiger partial charge in [-0.25, -0.2) is 8.42 Å². The number of hydrogen-bond acceptors (Lipinski definition) is 4. The minimum atomic E-state index is -3.05. The molecule has 1 aliphatic carbocycles. The third-order valence-corrected chi connectivity index (χ3v) is 6.59. The van der Waals surface area contributed by atoms with Gasteiger partial charge in [0.2, 0.25) is 11.8 Å². The van der Waals surface area contributed by atoms with Crippen LogP contribution in [0.3, 0.4) is 0 Å². The Kier molecular flexibility index (Phi) is 6.06. The Balaban J connectivity index is 1.80. The molecule has 2 aliphatic rings. The number of nitrogens with one attached hydrogen (secondary N) is 2. The number of amides is 2. The summed E-state index contributed by atoms with van der Waals surface area (Å²) in [5.74, 6) is -0.680. The third kappa shape index (κ3) is 5.06. The molecule has 1 heterocycles. The Bertz CT molecular complexity index is 623. The predicted molar refractivity (Wildman–Crippen MR) is 93.2 cm³/mol. The summed E-state index contributed by atoms with van der Waals surface area (Å²) in [6.45, 7) is 3.67. The third-order valence-electron chi connectivity index (χ3n) is 4.82. The average molecular weight is 356 g/mol. The molecule has 1 aliphatic heterocycles. The molecule has 0 bridgehead atoms. The van der Waals surface area contributed by atoms with E-state index in [4.69, 9.17) is 0 Å². The van der Waals surface area contributed by atoms with Crippen molar-refractivity contribution in [2.24, 2.45) is 5.41 Å². The quantitative estimate of drug-likeness (QED) is 0.555. The first-order valence-electron chi connectivity index (χ1n) is 8.68. The van der Waals surface area contributed by atoms with E-state index < -0.39 is 21.2 Å². The normalized spacial score (nSPS) is 23.4. The van der Waals surface area contributed by atoms with Crippen LogP contribution in [0.2, 0.25) is 0 Å². The SMILES string of the molecule is CC(C)(C(=O)NCCC1=CCCCC1)C(=O)NC1CCS(=O)(=O)C1. The fourth-order valence-corrected chi connectivity index (χ4v) is 4.74. The van der Waals surface area contributed by atoms with E-state index in [1.807, 2.05) is 0 Å². The summed E-state index contributed by atoms with van der Waals surface area (Å²) in [6, 6.07) is -0.387. The van der Waals surface area contributed by atoms with Crippen LogP contribution in [-0.2, 0) is 19.4 Å². The first-order chi connectivity index (χ1) is 11.2. The highest BCUT2D eigenvalue weighted by Gasteiger charge is 2.38. The van der Waals surface area contributed by atoms with Crippen molar-refractivity contribution in [2.75, 3.05) is 18.1 Å². The van der Waals surface area contributed by atoms with Crippen LogP contribution in [-0.4, -0.2) is 44.3 Å². The van der Waals surface area contributed by atoms with E-state index in [9.17, 15) is 18.0 Å². The molecule has 1 atom stereocenters. The molecule has 1 fully saturated rings. The van der Waals surface area contributed by atoms with Crippen molar-refractivity contribution in [3.05, 3.63) is 11.6 Å². The second-order valence-corrected chi connectivity index (χ2v) is 9.54. The van der Waals surface area contributed by atoms with Gasteiger partial charge in [0.05, 0.1) is 11.5 Å². The van der Waals surface area contributed by atoms with Gasteiger partial charge in [-0.15, -0.1) is 0 Å². The highest BCUT2D eigenvalue weighted by Crippen LogP contribution is 2.21. The van der Waals surface area contributed by atoms with Crippen LogP contribution >= 0.6 is 0 Å². The molecular formula is C17H28N2O4S. The van der Waals surface area contributed by atoms with E-state index in [0.29, 0.717) is 13.0 Å². The molecule has 0 aromatic heterocycles. The van der Waals surface area contributed by atoms with Gasteiger partial charge in [0, 0.05) is 12.6 Å². The molecule has 7 heteroatoms. The summed E-state index contributed by atoms with van der Waals surface area (Å²) in [6.07, 6.45) is 8.13. The summed E-state index contributed by atoms with van der Waals surface area (Å²) in [7, 11) is -3.05. The Hall–Kier alpha value is -1.37. The smallest absolute Gasteiger partial charge is 0.235 e. The van der Waals surface area contributed by atoms with Gasteiger partial charge in [-0.2, -0.15) is 0 Å². The van der Waals surface area contributed by atoms with Crippen molar-refractivity contribution in [1.29, 1.82) is 0 Å². The largest absolute Gasteiger partial charge is 0.355 e. The van der Waals surface area contributed by atoms with Crippen LogP contribution in [0.1, 0.15) is 52.4 Å². The van der Waals surface area contributed by atoms with Gasteiger partial charge in [-0.3, -0.25) is 9.59 Å². The Morgan fingerprint density at radius 3 is 2.58 bits per heavy atom. The number of allylic oxidation sites excluding steroid dienone is 1. The van der Waals surface area contributed by atoms with E-state index in [0.717, 1.165) is 19.3 Å². The van der Waals surface area contributed by atoms with Crippen molar-refractivity contribution in [2.45, 2.75) is 58.4 Å². The van der Waals surface area contributed by atoms with Gasteiger partial charge in [0.25, 0.3) is 0 Å². The van der Waals surface area contributed by atoms with E-state index in [1.165, 1.54) is 18.4 Å². The number of hydrogen-bond donors (Lipinski definition) is 2. The summed E-state index contributed by atoms with van der Waals surface area (Å²) in [5, 5.41) is 5.54. The first-order valence-corrected chi connectivity index (χ1v) is 10.5. The van der Waals surface area contributed by atoms with E-state index in [-0.39, 0.29) is 23.5 Å². The molecule has 2 N–H and O–H groups in total. The summed E-state index contributed by atoms with van der Waals surface area (Å²) >= 11 is 0. The first kappa shape index (κ1) is 19.0. The minimum absolute atomic E-state index is 0.0371. The molecular weight excluding hydrogens is 328 g/mol. The van der Waals surface area contributed by atoms with Crippen molar-refractivity contribution < 1.29 is 18.0 Å². The van der Waals surface area contributed by atoms with Gasteiger partial charge in [-0.1, -0.05) is 11.6 Å². The Labute approximate surface area is 144 Å². The highest BCUT2D eigenvalue weighted by atomic mass is 32.2. The second kappa shape index (κ2) is 7.68. The van der Waals surface area contributed by atoms with Gasteiger partial charge in [0.1, 0.15) is 5.41 Å². The molecule has 0 saturated carbocycles. The maximum absolute atomic E-state index is 12.4. The summed E-state index contributed by atoms with van der Waals surface area (Å²) in [4.78, 5) is 24.7. The predicted octanol–water partition coefficient (Wildman–Crippen LogP) is 1.32. The number of sulfone groups is 1.